The number of nitrogens with zero attached hydrogens (tertiary/aromatic N) is 7. The van der Waals surface area contributed by atoms with Gasteiger partial charge in [0.25, 0.3) is 0 Å². The number of benzene rings is 2. The predicted octanol–water partition coefficient (Wildman–Crippen LogP) is 3.87. The van der Waals surface area contributed by atoms with Gasteiger partial charge in [0, 0.05) is 60.8 Å². The van der Waals surface area contributed by atoms with Gasteiger partial charge in [-0.05, 0) is 71.1 Å². The maximum absolute atomic E-state index is 17.0. The highest BCUT2D eigenvalue weighted by atomic mass is 19.1. The summed E-state index contributed by atoms with van der Waals surface area (Å²) >= 11 is 0. The molecule has 2 aromatic heterocycles. The smallest absolute Gasteiger partial charge is 0.246 e. The molecule has 1 amide bonds. The zero-order valence-corrected chi connectivity index (χ0v) is 25.1. The number of aromatic nitrogens is 4. The molecule has 11 heteroatoms. The van der Waals surface area contributed by atoms with Crippen LogP contribution in [-0.2, 0) is 4.79 Å². The van der Waals surface area contributed by atoms with Crippen LogP contribution >= 0.6 is 0 Å². The standard InChI is InChI=1S/C31H38FN9O/c1-8-23(42)40-12-19(5)41(13-18(40)4)30-21-11-17(3)25(24-16(2)9-10-22-26(24)29(33)37-36-22)27(32)28(21)34-31(35-30)39-14-20(15-39)38(6)7/h8-11,18-20H,1,12-15H2,2-7H3,(H3,33,36,37)/t18-,19+/m1/s1. The summed E-state index contributed by atoms with van der Waals surface area (Å²) in [5, 5.41) is 8.50. The van der Waals surface area contributed by atoms with Crippen molar-refractivity contribution in [2.24, 2.45) is 0 Å². The Morgan fingerprint density at radius 3 is 2.52 bits per heavy atom. The fourth-order valence-electron chi connectivity index (χ4n) is 6.35. The van der Waals surface area contributed by atoms with Gasteiger partial charge in [-0.1, -0.05) is 12.6 Å². The fourth-order valence-corrected chi connectivity index (χ4v) is 6.35. The molecule has 2 fully saturated rings. The fraction of sp³-hybridized carbons (Fsp3) is 0.419. The van der Waals surface area contributed by atoms with E-state index in [4.69, 9.17) is 15.7 Å². The quantitative estimate of drug-likeness (QED) is 0.348. The monoisotopic (exact) mass is 571 g/mol. The molecule has 2 saturated heterocycles. The lowest BCUT2D eigenvalue weighted by atomic mass is 9.91. The first-order valence-electron chi connectivity index (χ1n) is 14.4. The Morgan fingerprint density at radius 2 is 1.83 bits per heavy atom. The third-order valence-corrected chi connectivity index (χ3v) is 8.90. The molecule has 6 rings (SSSR count). The van der Waals surface area contributed by atoms with Crippen LogP contribution in [0.4, 0.5) is 22.0 Å². The van der Waals surface area contributed by atoms with Crippen molar-refractivity contribution in [2.45, 2.75) is 45.8 Å². The summed E-state index contributed by atoms with van der Waals surface area (Å²) < 4.78 is 17.0. The van der Waals surface area contributed by atoms with Crippen LogP contribution in [0.2, 0.25) is 0 Å². The van der Waals surface area contributed by atoms with Crippen molar-refractivity contribution in [2.75, 3.05) is 55.8 Å². The topological polar surface area (TPSA) is 111 Å². The molecule has 2 aromatic carbocycles. The van der Waals surface area contributed by atoms with Gasteiger partial charge in [-0.25, -0.2) is 9.37 Å². The molecule has 10 nitrogen and oxygen atoms in total. The van der Waals surface area contributed by atoms with E-state index in [1.165, 1.54) is 6.08 Å². The van der Waals surface area contributed by atoms with E-state index in [1.54, 1.807) is 0 Å². The number of nitrogens with two attached hydrogens (primary N) is 1. The second-order valence-electron chi connectivity index (χ2n) is 12.0. The lowest BCUT2D eigenvalue weighted by Gasteiger charge is -2.45. The number of fused-ring (bicyclic) bond motifs is 2. The van der Waals surface area contributed by atoms with E-state index in [0.717, 1.165) is 29.7 Å². The minimum absolute atomic E-state index is 0.0493. The van der Waals surface area contributed by atoms with E-state index in [9.17, 15) is 4.79 Å². The molecule has 2 aliphatic heterocycles. The maximum Gasteiger partial charge on any atom is 0.246 e. The molecule has 2 aliphatic rings. The van der Waals surface area contributed by atoms with Crippen LogP contribution in [0.3, 0.4) is 0 Å². The predicted molar refractivity (Wildman–Crippen MR) is 166 cm³/mol. The molecule has 4 aromatic rings. The summed E-state index contributed by atoms with van der Waals surface area (Å²) in [5.41, 5.74) is 10.1. The van der Waals surface area contributed by atoms with Crippen molar-refractivity contribution in [1.29, 1.82) is 0 Å². The molecule has 4 heterocycles. The highest BCUT2D eigenvalue weighted by molar-refractivity contribution is 6.06. The molecular weight excluding hydrogens is 533 g/mol. The Morgan fingerprint density at radius 1 is 1.10 bits per heavy atom. The first kappa shape index (κ1) is 27.9. The number of hydrogen-bond donors (Lipinski definition) is 2. The molecule has 0 unspecified atom stereocenters. The Kier molecular flexibility index (Phi) is 6.80. The Bertz CT molecular complexity index is 1730. The Labute approximate surface area is 245 Å². The van der Waals surface area contributed by atoms with Crippen LogP contribution in [0.5, 0.6) is 0 Å². The minimum Gasteiger partial charge on any atom is -0.382 e. The summed E-state index contributed by atoms with van der Waals surface area (Å²) in [6.07, 6.45) is 1.36. The summed E-state index contributed by atoms with van der Waals surface area (Å²) in [4.78, 5) is 30.7. The molecule has 42 heavy (non-hydrogen) atoms. The van der Waals surface area contributed by atoms with E-state index in [0.29, 0.717) is 58.6 Å². The zero-order valence-electron chi connectivity index (χ0n) is 25.1. The highest BCUT2D eigenvalue weighted by Gasteiger charge is 2.36. The van der Waals surface area contributed by atoms with Crippen LogP contribution in [0, 0.1) is 19.7 Å². The molecule has 0 radical (unpaired) electrons. The van der Waals surface area contributed by atoms with Gasteiger partial charge in [-0.3, -0.25) is 9.89 Å². The van der Waals surface area contributed by atoms with Gasteiger partial charge >= 0.3 is 0 Å². The molecular formula is C31H38FN9O. The van der Waals surface area contributed by atoms with Crippen molar-refractivity contribution in [1.82, 2.24) is 30.0 Å². The number of likely N-dealkylation sites (N-methyl/N-ethyl adjacent to an activating group) is 1. The summed E-state index contributed by atoms with van der Waals surface area (Å²) in [5.74, 6) is 1.02. The van der Waals surface area contributed by atoms with Gasteiger partial charge in [-0.15, -0.1) is 0 Å². The van der Waals surface area contributed by atoms with Crippen molar-refractivity contribution in [3.05, 3.63) is 47.8 Å². The van der Waals surface area contributed by atoms with Gasteiger partial charge in [-0.2, -0.15) is 10.1 Å². The van der Waals surface area contributed by atoms with Gasteiger partial charge in [0.15, 0.2) is 11.6 Å². The number of aromatic amines is 1. The van der Waals surface area contributed by atoms with E-state index in [2.05, 4.69) is 52.5 Å². The molecule has 0 saturated carbocycles. The van der Waals surface area contributed by atoms with E-state index in [-0.39, 0.29) is 23.5 Å². The van der Waals surface area contributed by atoms with Gasteiger partial charge in [0.1, 0.15) is 11.3 Å². The van der Waals surface area contributed by atoms with Crippen LogP contribution in [0.1, 0.15) is 25.0 Å². The number of rotatable bonds is 5. The summed E-state index contributed by atoms with van der Waals surface area (Å²) in [6.45, 7) is 14.2. The first-order chi connectivity index (χ1) is 20.0. The lowest BCUT2D eigenvalue weighted by molar-refractivity contribution is -0.128. The van der Waals surface area contributed by atoms with Gasteiger partial charge in [0.05, 0.1) is 10.9 Å². The summed E-state index contributed by atoms with van der Waals surface area (Å²) in [6, 6.07) is 6.10. The Hall–Kier alpha value is -4.25. The van der Waals surface area contributed by atoms with Crippen molar-refractivity contribution in [3.8, 4) is 11.1 Å². The first-order valence-corrected chi connectivity index (χ1v) is 14.4. The largest absolute Gasteiger partial charge is 0.382 e. The third kappa shape index (κ3) is 4.34. The highest BCUT2D eigenvalue weighted by Crippen LogP contribution is 2.42. The molecule has 0 bridgehead atoms. The molecule has 220 valence electrons. The zero-order chi connectivity index (χ0) is 30.0. The number of anilines is 3. The number of aryl methyl sites for hydroxylation is 2. The molecule has 3 N–H and O–H groups in total. The number of carbonyl (C=O) groups is 1. The number of hydrogen-bond acceptors (Lipinski definition) is 8. The van der Waals surface area contributed by atoms with Crippen molar-refractivity contribution in [3.63, 3.8) is 0 Å². The average molecular weight is 572 g/mol. The summed E-state index contributed by atoms with van der Waals surface area (Å²) in [7, 11) is 4.11. The van der Waals surface area contributed by atoms with Crippen LogP contribution < -0.4 is 15.5 Å². The number of nitrogens with one attached hydrogen (secondary N) is 1. The van der Waals surface area contributed by atoms with E-state index < -0.39 is 5.82 Å². The normalized spacial score (nSPS) is 19.7. The van der Waals surface area contributed by atoms with Crippen molar-refractivity contribution >= 4 is 45.3 Å². The average Bonchev–Trinajstić information content (AvgIpc) is 3.30. The number of piperazine rings is 1. The number of nitrogen functional groups attached to an aromatic ring is 1. The Balaban J connectivity index is 1.55. The van der Waals surface area contributed by atoms with Gasteiger partial charge < -0.3 is 25.3 Å². The number of halogens is 1. The van der Waals surface area contributed by atoms with Crippen LogP contribution in [-0.4, -0.2) is 94.3 Å². The minimum atomic E-state index is -0.406. The number of amides is 1. The number of carbonyl (C=O) groups excluding carboxylic acids is 1. The maximum atomic E-state index is 17.0. The number of H-pyrrole nitrogens is 1. The third-order valence-electron chi connectivity index (χ3n) is 8.90. The second kappa shape index (κ2) is 10.2. The molecule has 0 aliphatic carbocycles. The lowest BCUT2D eigenvalue weighted by Crippen LogP contribution is -2.59. The van der Waals surface area contributed by atoms with Gasteiger partial charge in [0.2, 0.25) is 11.9 Å². The molecule has 0 spiro atoms. The van der Waals surface area contributed by atoms with E-state index in [1.807, 2.05) is 43.9 Å². The van der Waals surface area contributed by atoms with Crippen LogP contribution in [0.15, 0.2) is 30.9 Å². The van der Waals surface area contributed by atoms with E-state index >= 15 is 4.39 Å². The second-order valence-corrected chi connectivity index (χ2v) is 12.0. The van der Waals surface area contributed by atoms with Crippen molar-refractivity contribution < 1.29 is 9.18 Å². The molecule has 2 atom stereocenters. The SMILES string of the molecule is C=CC(=O)N1C[C@H](C)N(c2nc(N3CC(N(C)C)C3)nc3c(F)c(-c4c(C)ccc5[nH]nc(N)c45)c(C)cc23)C[C@H]1C. The van der Waals surface area contributed by atoms with Crippen LogP contribution in [0.25, 0.3) is 32.9 Å².